The molecule has 0 spiro atoms. The first kappa shape index (κ1) is 27.0. The number of rotatable bonds is 6. The molecule has 0 radical (unpaired) electrons. The Bertz CT molecular complexity index is 2420. The van der Waals surface area contributed by atoms with E-state index >= 15 is 0 Å². The molecule has 0 aliphatic heterocycles. The van der Waals surface area contributed by atoms with Crippen LogP contribution >= 0.6 is 0 Å². The minimum Gasteiger partial charge on any atom is -0.456 e. The van der Waals surface area contributed by atoms with Crippen molar-refractivity contribution in [2.45, 2.75) is 0 Å². The monoisotopic (exact) mass is 604 g/mol. The molecule has 222 valence electrons. The Hall–Kier alpha value is -6.39. The number of anilines is 3. The van der Waals surface area contributed by atoms with E-state index in [1.807, 2.05) is 54.6 Å². The van der Waals surface area contributed by atoms with Crippen molar-refractivity contribution in [3.05, 3.63) is 170 Å². The van der Waals surface area contributed by atoms with Crippen molar-refractivity contribution in [3.63, 3.8) is 0 Å². The normalized spacial score (nSPS) is 11.4. The summed E-state index contributed by atoms with van der Waals surface area (Å²) in [6.45, 7) is 0. The number of nitrogens with zero attached hydrogens (tertiary/aromatic N) is 2. The Labute approximate surface area is 271 Å². The van der Waals surface area contributed by atoms with Crippen molar-refractivity contribution >= 4 is 50.1 Å². The molecule has 0 fully saturated rings. The molecule has 0 amide bonds. The molecule has 0 aliphatic rings. The Balaban J connectivity index is 1.02. The number of para-hydroxylation sites is 4. The molecule has 2 heterocycles. The quantitative estimate of drug-likeness (QED) is 0.189. The number of hydrogen-bond donors (Lipinski definition) is 0. The molecular formula is C43H28N2O2. The van der Waals surface area contributed by atoms with E-state index in [4.69, 9.17) is 13.8 Å². The number of furan rings is 1. The zero-order valence-corrected chi connectivity index (χ0v) is 25.4. The lowest BCUT2D eigenvalue weighted by Gasteiger charge is -2.25. The van der Waals surface area contributed by atoms with Crippen LogP contribution in [0.1, 0.15) is 0 Å². The van der Waals surface area contributed by atoms with Gasteiger partial charge in [-0.25, -0.2) is 4.98 Å². The minimum absolute atomic E-state index is 0.597. The van der Waals surface area contributed by atoms with Crippen LogP contribution in [0.5, 0.6) is 0 Å². The second-order valence-electron chi connectivity index (χ2n) is 11.6. The van der Waals surface area contributed by atoms with Gasteiger partial charge in [-0.15, -0.1) is 0 Å². The molecule has 2 aromatic heterocycles. The number of aromatic nitrogens is 1. The molecule has 7 aromatic carbocycles. The van der Waals surface area contributed by atoms with Gasteiger partial charge in [-0.1, -0.05) is 97.1 Å². The summed E-state index contributed by atoms with van der Waals surface area (Å²) >= 11 is 0. The van der Waals surface area contributed by atoms with Crippen LogP contribution in [0.4, 0.5) is 17.1 Å². The minimum atomic E-state index is 0.597. The van der Waals surface area contributed by atoms with Crippen molar-refractivity contribution in [2.75, 3.05) is 4.90 Å². The van der Waals surface area contributed by atoms with Gasteiger partial charge >= 0.3 is 0 Å². The van der Waals surface area contributed by atoms with Crippen LogP contribution in [0.25, 0.3) is 66.7 Å². The number of benzene rings is 7. The van der Waals surface area contributed by atoms with Crippen LogP contribution in [0.2, 0.25) is 0 Å². The van der Waals surface area contributed by atoms with Gasteiger partial charge in [0.25, 0.3) is 0 Å². The lowest BCUT2D eigenvalue weighted by atomic mass is 9.98. The molecular weight excluding hydrogens is 576 g/mol. The standard InChI is InChI=1S/C43H28N2O2/c1-3-10-33(11-4-1)45(34-12-5-2-6-13-34)35-25-22-30(23-26-35)29-18-20-31(21-19-29)32-24-27-36-41(28-32)46-40-17-9-14-37(42(36)40)43-44-38-15-7-8-16-39(38)47-43/h1-28H. The van der Waals surface area contributed by atoms with E-state index in [2.05, 4.69) is 120 Å². The summed E-state index contributed by atoms with van der Waals surface area (Å²) in [7, 11) is 0. The van der Waals surface area contributed by atoms with Crippen molar-refractivity contribution < 1.29 is 8.83 Å². The summed E-state index contributed by atoms with van der Waals surface area (Å²) in [4.78, 5) is 7.02. The Morgan fingerprint density at radius 2 is 0.957 bits per heavy atom. The van der Waals surface area contributed by atoms with Gasteiger partial charge in [0.05, 0.1) is 0 Å². The van der Waals surface area contributed by atoms with E-state index in [0.717, 1.165) is 66.8 Å². The fourth-order valence-electron chi connectivity index (χ4n) is 6.43. The van der Waals surface area contributed by atoms with Crippen LogP contribution in [0, 0.1) is 0 Å². The maximum atomic E-state index is 6.36. The maximum absolute atomic E-state index is 6.36. The first-order valence-corrected chi connectivity index (χ1v) is 15.7. The molecule has 0 unspecified atom stereocenters. The summed E-state index contributed by atoms with van der Waals surface area (Å²) in [6.07, 6.45) is 0. The Morgan fingerprint density at radius 1 is 0.404 bits per heavy atom. The van der Waals surface area contributed by atoms with E-state index < -0.39 is 0 Å². The summed E-state index contributed by atoms with van der Waals surface area (Å²) < 4.78 is 12.5. The molecule has 0 aliphatic carbocycles. The fourth-order valence-corrected chi connectivity index (χ4v) is 6.43. The Kier molecular flexibility index (Phi) is 6.43. The van der Waals surface area contributed by atoms with Gasteiger partial charge in [0.1, 0.15) is 16.7 Å². The number of oxazole rings is 1. The summed E-state index contributed by atoms with van der Waals surface area (Å²) in [5.41, 5.74) is 12.1. The van der Waals surface area contributed by atoms with Gasteiger partial charge in [-0.05, 0) is 95.1 Å². The number of hydrogen-bond acceptors (Lipinski definition) is 4. The molecule has 0 atom stereocenters. The van der Waals surface area contributed by atoms with Gasteiger partial charge in [0, 0.05) is 33.4 Å². The molecule has 0 N–H and O–H groups in total. The zero-order chi connectivity index (χ0) is 31.2. The topological polar surface area (TPSA) is 42.4 Å². The highest BCUT2D eigenvalue weighted by Gasteiger charge is 2.17. The molecule has 9 rings (SSSR count). The van der Waals surface area contributed by atoms with Crippen molar-refractivity contribution in [1.82, 2.24) is 4.98 Å². The molecule has 9 aromatic rings. The van der Waals surface area contributed by atoms with Crippen LogP contribution in [0.3, 0.4) is 0 Å². The lowest BCUT2D eigenvalue weighted by Crippen LogP contribution is -2.09. The Morgan fingerprint density at radius 3 is 1.64 bits per heavy atom. The van der Waals surface area contributed by atoms with Crippen molar-refractivity contribution in [1.29, 1.82) is 0 Å². The van der Waals surface area contributed by atoms with Gasteiger partial charge in [0.2, 0.25) is 5.89 Å². The second-order valence-corrected chi connectivity index (χ2v) is 11.6. The van der Waals surface area contributed by atoms with Crippen molar-refractivity contribution in [3.8, 4) is 33.7 Å². The lowest BCUT2D eigenvalue weighted by molar-refractivity contribution is 0.620. The van der Waals surface area contributed by atoms with E-state index in [0.29, 0.717) is 5.89 Å². The van der Waals surface area contributed by atoms with Crippen LogP contribution in [0.15, 0.2) is 179 Å². The molecule has 0 saturated heterocycles. The van der Waals surface area contributed by atoms with Crippen LogP contribution in [-0.4, -0.2) is 4.98 Å². The van der Waals surface area contributed by atoms with Gasteiger partial charge in [0.15, 0.2) is 5.58 Å². The first-order chi connectivity index (χ1) is 23.3. The van der Waals surface area contributed by atoms with Crippen LogP contribution < -0.4 is 4.90 Å². The third-order valence-corrected chi connectivity index (χ3v) is 8.73. The summed E-state index contributed by atoms with van der Waals surface area (Å²) in [5.74, 6) is 0.597. The molecule has 47 heavy (non-hydrogen) atoms. The first-order valence-electron chi connectivity index (χ1n) is 15.7. The molecule has 4 heteroatoms. The predicted octanol–water partition coefficient (Wildman–Crippen LogP) is 12.2. The molecule has 0 saturated carbocycles. The van der Waals surface area contributed by atoms with E-state index in [1.165, 1.54) is 11.1 Å². The largest absolute Gasteiger partial charge is 0.456 e. The average molecular weight is 605 g/mol. The van der Waals surface area contributed by atoms with E-state index in [-0.39, 0.29) is 0 Å². The van der Waals surface area contributed by atoms with Gasteiger partial charge in [-0.2, -0.15) is 0 Å². The third kappa shape index (κ3) is 4.84. The highest BCUT2D eigenvalue weighted by molar-refractivity contribution is 6.12. The van der Waals surface area contributed by atoms with E-state index in [9.17, 15) is 0 Å². The smallest absolute Gasteiger partial charge is 0.228 e. The van der Waals surface area contributed by atoms with Crippen molar-refractivity contribution in [2.24, 2.45) is 0 Å². The predicted molar refractivity (Wildman–Crippen MR) is 192 cm³/mol. The molecule has 4 nitrogen and oxygen atoms in total. The van der Waals surface area contributed by atoms with Gasteiger partial charge in [-0.3, -0.25) is 0 Å². The van der Waals surface area contributed by atoms with Gasteiger partial charge < -0.3 is 13.7 Å². The summed E-state index contributed by atoms with van der Waals surface area (Å²) in [5, 5.41) is 2.05. The molecule has 0 bridgehead atoms. The number of fused-ring (bicyclic) bond motifs is 4. The maximum Gasteiger partial charge on any atom is 0.228 e. The zero-order valence-electron chi connectivity index (χ0n) is 25.4. The highest BCUT2D eigenvalue weighted by Crippen LogP contribution is 2.39. The average Bonchev–Trinajstić information content (AvgIpc) is 3.75. The SMILES string of the molecule is c1ccc(N(c2ccccc2)c2ccc(-c3ccc(-c4ccc5c(c4)oc4cccc(-c6nc7ccccc7o6)c45)cc3)cc2)cc1. The highest BCUT2D eigenvalue weighted by atomic mass is 16.3. The summed E-state index contributed by atoms with van der Waals surface area (Å²) in [6, 6.07) is 58.7. The fraction of sp³-hybridized carbons (Fsp3) is 0. The second kappa shape index (κ2) is 11.2. The van der Waals surface area contributed by atoms with Crippen LogP contribution in [-0.2, 0) is 0 Å². The third-order valence-electron chi connectivity index (χ3n) is 8.73. The van der Waals surface area contributed by atoms with E-state index in [1.54, 1.807) is 0 Å².